The molecular formula is C30H31N3O6S. The average molecular weight is 562 g/mol. The van der Waals surface area contributed by atoms with Crippen LogP contribution in [0, 0.1) is 0 Å². The molecule has 4 aromatic carbocycles. The zero-order valence-corrected chi connectivity index (χ0v) is 23.1. The van der Waals surface area contributed by atoms with E-state index in [9.17, 15) is 13.2 Å². The van der Waals surface area contributed by atoms with Gasteiger partial charge in [0.1, 0.15) is 23.0 Å². The molecule has 10 heteroatoms. The smallest absolute Gasteiger partial charge is 0.326 e. The second-order valence-corrected chi connectivity index (χ2v) is 10.4. The standard InChI is InChI=1S/C30H31N3O6S/c1-37-25-13-9-23(10-14-25)32-30(34)33(24-11-15-28(16-12-24)39-27-7-4-3-5-8-27)22-6-21-31-40(35,36)29-19-17-26(38-2)18-20-29/h3-5,7-20,31H,6,21-22H2,1-2H3,(H,32,34). The van der Waals surface area contributed by atoms with Crippen molar-refractivity contribution in [3.8, 4) is 23.0 Å². The number of hydrogen-bond donors (Lipinski definition) is 2. The summed E-state index contributed by atoms with van der Waals surface area (Å²) >= 11 is 0. The lowest BCUT2D eigenvalue weighted by Gasteiger charge is -2.24. The fourth-order valence-electron chi connectivity index (χ4n) is 3.81. The average Bonchev–Trinajstić information content (AvgIpc) is 2.98. The fourth-order valence-corrected chi connectivity index (χ4v) is 4.89. The van der Waals surface area contributed by atoms with E-state index < -0.39 is 10.0 Å². The maximum absolute atomic E-state index is 13.3. The highest BCUT2D eigenvalue weighted by Crippen LogP contribution is 2.25. The van der Waals surface area contributed by atoms with E-state index >= 15 is 0 Å². The lowest BCUT2D eigenvalue weighted by Crippen LogP contribution is -2.37. The third-order valence-corrected chi connectivity index (χ3v) is 7.41. The predicted molar refractivity (Wildman–Crippen MR) is 155 cm³/mol. The number of rotatable bonds is 12. The van der Waals surface area contributed by atoms with Gasteiger partial charge in [0.05, 0.1) is 19.1 Å². The molecule has 0 aliphatic carbocycles. The molecule has 0 saturated heterocycles. The van der Waals surface area contributed by atoms with Crippen molar-refractivity contribution in [1.29, 1.82) is 0 Å². The predicted octanol–water partition coefficient (Wildman–Crippen LogP) is 5.90. The van der Waals surface area contributed by atoms with Crippen LogP contribution in [-0.4, -0.2) is 41.8 Å². The molecule has 0 unspecified atom stereocenters. The van der Waals surface area contributed by atoms with Crippen LogP contribution in [0.15, 0.2) is 108 Å². The number of nitrogens with zero attached hydrogens (tertiary/aromatic N) is 1. The van der Waals surface area contributed by atoms with Gasteiger partial charge < -0.3 is 19.5 Å². The summed E-state index contributed by atoms with van der Waals surface area (Å²) in [4.78, 5) is 15.0. The molecule has 9 nitrogen and oxygen atoms in total. The first-order chi connectivity index (χ1) is 19.4. The lowest BCUT2D eigenvalue weighted by atomic mass is 10.2. The zero-order chi connectivity index (χ0) is 28.4. The van der Waals surface area contributed by atoms with Gasteiger partial charge in [0, 0.05) is 24.5 Å². The molecule has 0 fully saturated rings. The minimum absolute atomic E-state index is 0.135. The van der Waals surface area contributed by atoms with Crippen LogP contribution in [0.3, 0.4) is 0 Å². The van der Waals surface area contributed by atoms with E-state index in [0.717, 1.165) is 0 Å². The number of hydrogen-bond acceptors (Lipinski definition) is 6. The van der Waals surface area contributed by atoms with Crippen LogP contribution in [0.25, 0.3) is 0 Å². The topological polar surface area (TPSA) is 106 Å². The Morgan fingerprint density at radius 2 is 1.27 bits per heavy atom. The molecule has 0 aromatic heterocycles. The second kappa shape index (κ2) is 13.5. The summed E-state index contributed by atoms with van der Waals surface area (Å²) in [6.07, 6.45) is 0.369. The Morgan fingerprint density at radius 1 is 0.725 bits per heavy atom. The van der Waals surface area contributed by atoms with Gasteiger partial charge in [-0.2, -0.15) is 0 Å². The first-order valence-corrected chi connectivity index (χ1v) is 14.1. The van der Waals surface area contributed by atoms with E-state index in [-0.39, 0.29) is 24.0 Å². The van der Waals surface area contributed by atoms with Gasteiger partial charge in [-0.1, -0.05) is 18.2 Å². The van der Waals surface area contributed by atoms with Gasteiger partial charge >= 0.3 is 6.03 Å². The number of amides is 2. The highest BCUT2D eigenvalue weighted by atomic mass is 32.2. The summed E-state index contributed by atoms with van der Waals surface area (Å²) < 4.78 is 44.1. The Bertz CT molecular complexity index is 1480. The fraction of sp³-hybridized carbons (Fsp3) is 0.167. The minimum Gasteiger partial charge on any atom is -0.497 e. The monoisotopic (exact) mass is 561 g/mol. The van der Waals surface area contributed by atoms with Crippen molar-refractivity contribution in [2.75, 3.05) is 37.5 Å². The lowest BCUT2D eigenvalue weighted by molar-refractivity contribution is 0.257. The number of carbonyl (C=O) groups is 1. The largest absolute Gasteiger partial charge is 0.497 e. The second-order valence-electron chi connectivity index (χ2n) is 8.65. The van der Waals surface area contributed by atoms with E-state index in [0.29, 0.717) is 40.8 Å². The van der Waals surface area contributed by atoms with Gasteiger partial charge in [0.25, 0.3) is 0 Å². The maximum Gasteiger partial charge on any atom is 0.326 e. The van der Waals surface area contributed by atoms with E-state index in [2.05, 4.69) is 10.0 Å². The van der Waals surface area contributed by atoms with E-state index in [1.165, 1.54) is 19.2 Å². The molecule has 208 valence electrons. The van der Waals surface area contributed by atoms with Crippen molar-refractivity contribution >= 4 is 27.4 Å². The Hall–Kier alpha value is -4.54. The first kappa shape index (κ1) is 28.5. The summed E-state index contributed by atoms with van der Waals surface area (Å²) in [6.45, 7) is 0.391. The molecule has 40 heavy (non-hydrogen) atoms. The SMILES string of the molecule is COc1ccc(NC(=O)N(CCCNS(=O)(=O)c2ccc(OC)cc2)c2ccc(Oc3ccccc3)cc2)cc1. The normalized spacial score (nSPS) is 10.9. The summed E-state index contributed by atoms with van der Waals surface area (Å²) in [5.74, 6) is 2.57. The number of urea groups is 1. The summed E-state index contributed by atoms with van der Waals surface area (Å²) in [5.41, 5.74) is 1.23. The Morgan fingerprint density at radius 3 is 1.88 bits per heavy atom. The summed E-state index contributed by atoms with van der Waals surface area (Å²) in [5, 5.41) is 2.89. The molecule has 0 aliphatic rings. The number of methoxy groups -OCH3 is 2. The van der Waals surface area contributed by atoms with Crippen LogP contribution in [0.5, 0.6) is 23.0 Å². The van der Waals surface area contributed by atoms with E-state index in [4.69, 9.17) is 14.2 Å². The highest BCUT2D eigenvalue weighted by Gasteiger charge is 2.18. The van der Waals surface area contributed by atoms with Gasteiger partial charge in [-0.15, -0.1) is 0 Å². The van der Waals surface area contributed by atoms with Crippen LogP contribution in [0.1, 0.15) is 6.42 Å². The first-order valence-electron chi connectivity index (χ1n) is 12.6. The number of anilines is 2. The van der Waals surface area contributed by atoms with Crippen molar-refractivity contribution < 1.29 is 27.4 Å². The van der Waals surface area contributed by atoms with E-state index in [1.54, 1.807) is 72.7 Å². The molecular weight excluding hydrogens is 530 g/mol. The Balaban J connectivity index is 1.44. The molecule has 2 N–H and O–H groups in total. The van der Waals surface area contributed by atoms with Crippen LogP contribution >= 0.6 is 0 Å². The van der Waals surface area contributed by atoms with Crippen molar-refractivity contribution in [2.24, 2.45) is 0 Å². The molecule has 0 spiro atoms. The van der Waals surface area contributed by atoms with Crippen LogP contribution < -0.4 is 29.1 Å². The number of carbonyl (C=O) groups excluding carboxylic acids is 1. The minimum atomic E-state index is -3.71. The van der Waals surface area contributed by atoms with Crippen LogP contribution in [-0.2, 0) is 10.0 Å². The maximum atomic E-state index is 13.3. The van der Waals surface area contributed by atoms with Crippen molar-refractivity contribution in [3.63, 3.8) is 0 Å². The Labute approximate surface area is 234 Å². The third-order valence-electron chi connectivity index (χ3n) is 5.93. The number of ether oxygens (including phenoxy) is 3. The number of para-hydroxylation sites is 1. The van der Waals surface area contributed by atoms with Crippen LogP contribution in [0.4, 0.5) is 16.2 Å². The van der Waals surface area contributed by atoms with Gasteiger partial charge in [-0.25, -0.2) is 17.9 Å². The number of benzene rings is 4. The molecule has 4 aromatic rings. The van der Waals surface area contributed by atoms with Crippen molar-refractivity contribution in [3.05, 3.63) is 103 Å². The quantitative estimate of drug-likeness (QED) is 0.209. The van der Waals surface area contributed by atoms with Crippen molar-refractivity contribution in [2.45, 2.75) is 11.3 Å². The van der Waals surface area contributed by atoms with Gasteiger partial charge in [0.2, 0.25) is 10.0 Å². The molecule has 2 amide bonds. The number of sulfonamides is 1. The van der Waals surface area contributed by atoms with Crippen molar-refractivity contribution in [1.82, 2.24) is 4.72 Å². The molecule has 0 atom stereocenters. The van der Waals surface area contributed by atoms with E-state index in [1.807, 2.05) is 30.3 Å². The molecule has 0 radical (unpaired) electrons. The van der Waals surface area contributed by atoms with Crippen LogP contribution in [0.2, 0.25) is 0 Å². The molecule has 0 saturated carbocycles. The molecule has 0 bridgehead atoms. The zero-order valence-electron chi connectivity index (χ0n) is 22.2. The summed E-state index contributed by atoms with van der Waals surface area (Å²) in [6, 6.07) is 29.3. The van der Waals surface area contributed by atoms with Gasteiger partial charge in [-0.3, -0.25) is 4.90 Å². The Kier molecular flexibility index (Phi) is 9.61. The van der Waals surface area contributed by atoms with Gasteiger partial charge in [0.15, 0.2) is 0 Å². The third kappa shape index (κ3) is 7.75. The summed E-state index contributed by atoms with van der Waals surface area (Å²) in [7, 11) is -0.623. The molecule has 0 aliphatic heterocycles. The molecule has 4 rings (SSSR count). The molecule has 0 heterocycles. The number of nitrogens with one attached hydrogen (secondary N) is 2. The van der Waals surface area contributed by atoms with Gasteiger partial charge in [-0.05, 0) is 91.3 Å². The highest BCUT2D eigenvalue weighted by molar-refractivity contribution is 7.89.